The van der Waals surface area contributed by atoms with Crippen LogP contribution >= 0.6 is 0 Å². The third-order valence-corrected chi connectivity index (χ3v) is 3.97. The molecule has 0 radical (unpaired) electrons. The number of carbonyl (C=O) groups is 1. The first-order valence-electron chi connectivity index (χ1n) is 7.61. The van der Waals surface area contributed by atoms with Gasteiger partial charge in [-0.3, -0.25) is 4.79 Å². The van der Waals surface area contributed by atoms with Crippen molar-refractivity contribution in [3.05, 3.63) is 29.8 Å². The number of morpholine rings is 1. The first-order valence-corrected chi connectivity index (χ1v) is 7.61. The highest BCUT2D eigenvalue weighted by Crippen LogP contribution is 2.30. The molecule has 5 nitrogen and oxygen atoms in total. The van der Waals surface area contributed by atoms with E-state index < -0.39 is 0 Å². The van der Waals surface area contributed by atoms with E-state index in [0.29, 0.717) is 25.6 Å². The number of hydrogen-bond acceptors (Lipinski definition) is 4. The molecule has 1 unspecified atom stereocenters. The van der Waals surface area contributed by atoms with Gasteiger partial charge >= 0.3 is 0 Å². The maximum absolute atomic E-state index is 12.6. The molecule has 1 atom stereocenters. The highest BCUT2D eigenvalue weighted by atomic mass is 16.5. The lowest BCUT2D eigenvalue weighted by Crippen LogP contribution is -2.49. The molecule has 0 bridgehead atoms. The summed E-state index contributed by atoms with van der Waals surface area (Å²) in [5.74, 6) is 0.919. The molecule has 1 aromatic rings. The maximum atomic E-state index is 12.6. The van der Waals surface area contributed by atoms with Gasteiger partial charge in [-0.05, 0) is 36.5 Å². The molecular formula is C16H22N2O3. The largest absolute Gasteiger partial charge is 0.508 e. The number of hydrogen-bond donors (Lipinski definition) is 2. The van der Waals surface area contributed by atoms with Crippen molar-refractivity contribution in [1.82, 2.24) is 10.2 Å². The van der Waals surface area contributed by atoms with Crippen LogP contribution in [0.25, 0.3) is 0 Å². The van der Waals surface area contributed by atoms with Crippen molar-refractivity contribution in [1.29, 1.82) is 0 Å². The molecule has 21 heavy (non-hydrogen) atoms. The second kappa shape index (κ2) is 6.45. The van der Waals surface area contributed by atoms with Crippen molar-refractivity contribution in [3.63, 3.8) is 0 Å². The first kappa shape index (κ1) is 14.4. The molecule has 1 saturated carbocycles. The lowest BCUT2D eigenvalue weighted by molar-refractivity contribution is -0.146. The smallest absolute Gasteiger partial charge is 0.253 e. The summed E-state index contributed by atoms with van der Waals surface area (Å²) < 4.78 is 5.58. The number of ether oxygens (including phenoxy) is 1. The van der Waals surface area contributed by atoms with Crippen LogP contribution in [0.5, 0.6) is 5.75 Å². The monoisotopic (exact) mass is 290 g/mol. The van der Waals surface area contributed by atoms with Crippen LogP contribution in [-0.4, -0.2) is 48.3 Å². The zero-order chi connectivity index (χ0) is 14.7. The summed E-state index contributed by atoms with van der Waals surface area (Å²) in [4.78, 5) is 14.5. The zero-order valence-electron chi connectivity index (χ0n) is 12.1. The van der Waals surface area contributed by atoms with Crippen LogP contribution in [0.2, 0.25) is 0 Å². The Labute approximate surface area is 124 Å². The molecule has 5 heteroatoms. The fourth-order valence-corrected chi connectivity index (χ4v) is 2.65. The Morgan fingerprint density at radius 3 is 2.95 bits per heavy atom. The lowest BCUT2D eigenvalue weighted by atomic mass is 10.1. The second-order valence-corrected chi connectivity index (χ2v) is 5.90. The van der Waals surface area contributed by atoms with E-state index in [1.54, 1.807) is 12.1 Å². The average molecular weight is 290 g/mol. The molecule has 1 aromatic carbocycles. The van der Waals surface area contributed by atoms with E-state index in [4.69, 9.17) is 4.74 Å². The van der Waals surface area contributed by atoms with Gasteiger partial charge in [0.2, 0.25) is 0 Å². The Morgan fingerprint density at radius 1 is 1.43 bits per heavy atom. The standard InChI is InChI=1S/C16H22N2O3/c19-14-3-1-2-13(8-14)11-18(10-12-4-5-12)16(20)15-9-17-6-7-21-15/h1-3,8,12,15,17,19H,4-7,9-11H2. The van der Waals surface area contributed by atoms with Gasteiger partial charge in [0.25, 0.3) is 5.91 Å². The predicted molar refractivity (Wildman–Crippen MR) is 78.9 cm³/mol. The van der Waals surface area contributed by atoms with Gasteiger partial charge in [-0.25, -0.2) is 0 Å². The number of benzene rings is 1. The summed E-state index contributed by atoms with van der Waals surface area (Å²) in [5.41, 5.74) is 0.952. The quantitative estimate of drug-likeness (QED) is 0.853. The number of aromatic hydroxyl groups is 1. The number of nitrogens with zero attached hydrogens (tertiary/aromatic N) is 1. The fraction of sp³-hybridized carbons (Fsp3) is 0.562. The van der Waals surface area contributed by atoms with E-state index in [1.807, 2.05) is 17.0 Å². The van der Waals surface area contributed by atoms with E-state index in [2.05, 4.69) is 5.32 Å². The Morgan fingerprint density at radius 2 is 2.29 bits per heavy atom. The number of rotatable bonds is 5. The molecule has 2 fully saturated rings. The fourth-order valence-electron chi connectivity index (χ4n) is 2.65. The number of amides is 1. The Kier molecular flexibility index (Phi) is 4.41. The van der Waals surface area contributed by atoms with Gasteiger partial charge in [-0.1, -0.05) is 12.1 Å². The second-order valence-electron chi connectivity index (χ2n) is 5.90. The summed E-state index contributed by atoms with van der Waals surface area (Å²) in [6, 6.07) is 7.11. The van der Waals surface area contributed by atoms with Crippen LogP contribution in [0, 0.1) is 5.92 Å². The molecule has 1 amide bonds. The lowest BCUT2D eigenvalue weighted by Gasteiger charge is -2.30. The molecule has 1 aliphatic carbocycles. The third-order valence-electron chi connectivity index (χ3n) is 3.97. The van der Waals surface area contributed by atoms with Gasteiger partial charge < -0.3 is 20.1 Å². The van der Waals surface area contributed by atoms with E-state index in [1.165, 1.54) is 12.8 Å². The number of phenols is 1. The summed E-state index contributed by atoms with van der Waals surface area (Å²) in [5, 5.41) is 12.8. The van der Waals surface area contributed by atoms with Crippen LogP contribution in [0.3, 0.4) is 0 Å². The summed E-state index contributed by atoms with van der Waals surface area (Å²) in [6.45, 7) is 3.29. The predicted octanol–water partition coefficient (Wildman–Crippen LogP) is 1.12. The molecule has 2 aliphatic rings. The molecule has 0 aromatic heterocycles. The molecule has 2 N–H and O–H groups in total. The van der Waals surface area contributed by atoms with Crippen LogP contribution in [0.4, 0.5) is 0 Å². The minimum atomic E-state index is -0.380. The Balaban J connectivity index is 1.68. The molecule has 1 heterocycles. The van der Waals surface area contributed by atoms with Crippen molar-refractivity contribution in [2.75, 3.05) is 26.2 Å². The van der Waals surface area contributed by atoms with Gasteiger partial charge in [0.05, 0.1) is 6.61 Å². The molecule has 1 saturated heterocycles. The third kappa shape index (κ3) is 3.95. The highest BCUT2D eigenvalue weighted by molar-refractivity contribution is 5.81. The van der Waals surface area contributed by atoms with Crippen molar-refractivity contribution in [3.8, 4) is 5.75 Å². The van der Waals surface area contributed by atoms with E-state index in [9.17, 15) is 9.90 Å². The molecular weight excluding hydrogens is 268 g/mol. The Bertz CT molecular complexity index is 496. The van der Waals surface area contributed by atoms with Gasteiger partial charge in [-0.15, -0.1) is 0 Å². The minimum Gasteiger partial charge on any atom is -0.508 e. The first-order chi connectivity index (χ1) is 10.2. The van der Waals surface area contributed by atoms with Gasteiger partial charge in [0, 0.05) is 26.2 Å². The topological polar surface area (TPSA) is 61.8 Å². The summed E-state index contributed by atoms with van der Waals surface area (Å²) in [7, 11) is 0. The summed E-state index contributed by atoms with van der Waals surface area (Å²) >= 11 is 0. The van der Waals surface area contributed by atoms with E-state index in [0.717, 1.165) is 18.7 Å². The highest BCUT2D eigenvalue weighted by Gasteiger charge is 2.31. The average Bonchev–Trinajstić information content (AvgIpc) is 3.31. The molecule has 0 spiro atoms. The van der Waals surface area contributed by atoms with Crippen LogP contribution in [0.1, 0.15) is 18.4 Å². The maximum Gasteiger partial charge on any atom is 0.253 e. The SMILES string of the molecule is O=C(C1CNCCO1)N(Cc1cccc(O)c1)CC1CC1. The van der Waals surface area contributed by atoms with Crippen LogP contribution in [0.15, 0.2) is 24.3 Å². The molecule has 3 rings (SSSR count). The van der Waals surface area contributed by atoms with E-state index in [-0.39, 0.29) is 17.8 Å². The van der Waals surface area contributed by atoms with Crippen molar-refractivity contribution in [2.45, 2.75) is 25.5 Å². The van der Waals surface area contributed by atoms with Gasteiger partial charge in [0.1, 0.15) is 11.9 Å². The number of phenolic OH excluding ortho intramolecular Hbond substituents is 1. The van der Waals surface area contributed by atoms with Crippen LogP contribution in [-0.2, 0) is 16.1 Å². The van der Waals surface area contributed by atoms with Gasteiger partial charge in [0.15, 0.2) is 0 Å². The van der Waals surface area contributed by atoms with Crippen molar-refractivity contribution >= 4 is 5.91 Å². The number of nitrogens with one attached hydrogen (secondary N) is 1. The minimum absolute atomic E-state index is 0.0532. The number of carbonyl (C=O) groups excluding carboxylic acids is 1. The zero-order valence-corrected chi connectivity index (χ0v) is 12.1. The van der Waals surface area contributed by atoms with Gasteiger partial charge in [-0.2, -0.15) is 0 Å². The van der Waals surface area contributed by atoms with Crippen molar-refractivity contribution in [2.24, 2.45) is 5.92 Å². The summed E-state index contributed by atoms with van der Waals surface area (Å²) in [6.07, 6.45) is 2.02. The molecule has 1 aliphatic heterocycles. The normalized spacial score (nSPS) is 22.0. The van der Waals surface area contributed by atoms with Crippen molar-refractivity contribution < 1.29 is 14.6 Å². The van der Waals surface area contributed by atoms with E-state index >= 15 is 0 Å². The molecule has 114 valence electrons. The Hall–Kier alpha value is -1.59. The van der Waals surface area contributed by atoms with Crippen LogP contribution < -0.4 is 5.32 Å².